The van der Waals surface area contributed by atoms with Gasteiger partial charge in [0.15, 0.2) is 0 Å². The normalized spacial score (nSPS) is 11.0. The van der Waals surface area contributed by atoms with Crippen LogP contribution in [-0.4, -0.2) is 0 Å². The Morgan fingerprint density at radius 3 is 2.12 bits per heavy atom. The highest BCUT2D eigenvalue weighted by molar-refractivity contribution is 5.67. The van der Waals surface area contributed by atoms with Crippen LogP contribution >= 0.6 is 0 Å². The van der Waals surface area contributed by atoms with E-state index >= 15 is 0 Å². The van der Waals surface area contributed by atoms with Gasteiger partial charge in [-0.3, -0.25) is 0 Å². The van der Waals surface area contributed by atoms with Crippen molar-refractivity contribution in [3.63, 3.8) is 0 Å². The number of ether oxygens (including phenoxy) is 1. The van der Waals surface area contributed by atoms with Crippen molar-refractivity contribution in [3.05, 3.63) is 89.5 Å². The molecule has 0 saturated carbocycles. The molecule has 0 spiro atoms. The van der Waals surface area contributed by atoms with Crippen molar-refractivity contribution in [2.45, 2.75) is 12.8 Å². The number of hydrogen-bond acceptors (Lipinski definition) is 2. The highest BCUT2D eigenvalue weighted by Crippen LogP contribution is 2.32. The van der Waals surface area contributed by atoms with E-state index in [1.807, 2.05) is 30.3 Å². The summed E-state index contributed by atoms with van der Waals surface area (Å²) in [6.45, 7) is 0.298. The molecule has 0 aliphatic heterocycles. The molecule has 3 aromatic carbocycles. The lowest BCUT2D eigenvalue weighted by Crippen LogP contribution is -2.04. The van der Waals surface area contributed by atoms with Crippen molar-refractivity contribution in [3.8, 4) is 22.9 Å². The molecule has 0 bridgehead atoms. The van der Waals surface area contributed by atoms with Gasteiger partial charge in [-0.25, -0.2) is 0 Å². The molecular weight excluding hydrogens is 339 g/mol. The fraction of sp³-hybridized carbons (Fsp3) is 0.0952. The SMILES string of the molecule is N#Cc1ccc(-c2ccc(C(F)(F)F)cc2)cc1OCc1ccccc1. The van der Waals surface area contributed by atoms with Gasteiger partial charge in [-0.2, -0.15) is 18.4 Å². The Morgan fingerprint density at radius 2 is 1.50 bits per heavy atom. The van der Waals surface area contributed by atoms with Crippen LogP contribution in [0.3, 0.4) is 0 Å². The molecule has 5 heteroatoms. The van der Waals surface area contributed by atoms with Crippen molar-refractivity contribution in [1.82, 2.24) is 0 Å². The van der Waals surface area contributed by atoms with Gasteiger partial charge in [0.2, 0.25) is 0 Å². The second-order valence-electron chi connectivity index (χ2n) is 5.67. The van der Waals surface area contributed by atoms with Crippen molar-refractivity contribution >= 4 is 0 Å². The van der Waals surface area contributed by atoms with Gasteiger partial charge in [-0.1, -0.05) is 48.5 Å². The van der Waals surface area contributed by atoms with E-state index in [9.17, 15) is 18.4 Å². The monoisotopic (exact) mass is 353 g/mol. The van der Waals surface area contributed by atoms with Gasteiger partial charge >= 0.3 is 6.18 Å². The summed E-state index contributed by atoms with van der Waals surface area (Å²) in [5.74, 6) is 0.397. The zero-order valence-corrected chi connectivity index (χ0v) is 13.6. The molecule has 0 saturated heterocycles. The summed E-state index contributed by atoms with van der Waals surface area (Å²) in [6, 6.07) is 21.4. The maximum absolute atomic E-state index is 12.7. The summed E-state index contributed by atoms with van der Waals surface area (Å²) in [4.78, 5) is 0. The predicted octanol–water partition coefficient (Wildman–Crippen LogP) is 5.82. The van der Waals surface area contributed by atoms with Crippen LogP contribution in [0.15, 0.2) is 72.8 Å². The Hall–Kier alpha value is -3.26. The third-order valence-corrected chi connectivity index (χ3v) is 3.88. The van der Waals surface area contributed by atoms with Crippen LogP contribution in [0.4, 0.5) is 13.2 Å². The number of rotatable bonds is 4. The van der Waals surface area contributed by atoms with E-state index in [-0.39, 0.29) is 0 Å². The maximum Gasteiger partial charge on any atom is 0.416 e. The molecule has 130 valence electrons. The minimum atomic E-state index is -4.37. The lowest BCUT2D eigenvalue weighted by atomic mass is 10.0. The highest BCUT2D eigenvalue weighted by atomic mass is 19.4. The average Bonchev–Trinajstić information content (AvgIpc) is 2.66. The zero-order valence-electron chi connectivity index (χ0n) is 13.6. The Balaban J connectivity index is 1.86. The molecular formula is C21H14F3NO. The summed E-state index contributed by atoms with van der Waals surface area (Å²) in [5, 5.41) is 9.25. The Kier molecular flexibility index (Phi) is 4.94. The van der Waals surface area contributed by atoms with Crippen molar-refractivity contribution in [2.24, 2.45) is 0 Å². The van der Waals surface area contributed by atoms with E-state index in [4.69, 9.17) is 4.74 Å². The Morgan fingerprint density at radius 1 is 0.846 bits per heavy atom. The zero-order chi connectivity index (χ0) is 18.6. The molecule has 3 rings (SSSR count). The van der Waals surface area contributed by atoms with Gasteiger partial charge in [-0.15, -0.1) is 0 Å². The van der Waals surface area contributed by atoms with Crippen LogP contribution in [0.1, 0.15) is 16.7 Å². The number of halogens is 3. The molecule has 0 fully saturated rings. The van der Waals surface area contributed by atoms with E-state index in [1.165, 1.54) is 12.1 Å². The van der Waals surface area contributed by atoms with Crippen LogP contribution in [0.5, 0.6) is 5.75 Å². The molecule has 0 aliphatic carbocycles. The molecule has 0 radical (unpaired) electrons. The van der Waals surface area contributed by atoms with Crippen LogP contribution in [0.25, 0.3) is 11.1 Å². The second-order valence-corrected chi connectivity index (χ2v) is 5.67. The lowest BCUT2D eigenvalue weighted by molar-refractivity contribution is -0.137. The third-order valence-electron chi connectivity index (χ3n) is 3.88. The third kappa shape index (κ3) is 4.04. The van der Waals surface area contributed by atoms with Crippen molar-refractivity contribution in [2.75, 3.05) is 0 Å². The second kappa shape index (κ2) is 7.32. The summed E-state index contributed by atoms with van der Waals surface area (Å²) in [5.41, 5.74) is 1.93. The van der Waals surface area contributed by atoms with Gasteiger partial charge in [0.05, 0.1) is 11.1 Å². The van der Waals surface area contributed by atoms with E-state index in [0.717, 1.165) is 17.7 Å². The smallest absolute Gasteiger partial charge is 0.416 e. The quantitative estimate of drug-likeness (QED) is 0.592. The minimum absolute atomic E-state index is 0.298. The van der Waals surface area contributed by atoms with E-state index in [0.29, 0.717) is 29.0 Å². The Bertz CT molecular complexity index is 926. The number of nitrogens with zero attached hydrogens (tertiary/aromatic N) is 1. The number of alkyl halides is 3. The molecule has 0 N–H and O–H groups in total. The first kappa shape index (κ1) is 17.6. The lowest BCUT2D eigenvalue weighted by Gasteiger charge is -2.11. The first-order valence-corrected chi connectivity index (χ1v) is 7.86. The van der Waals surface area contributed by atoms with E-state index in [1.54, 1.807) is 18.2 Å². The number of hydrogen-bond donors (Lipinski definition) is 0. The summed E-state index contributed by atoms with van der Waals surface area (Å²) >= 11 is 0. The molecule has 0 aromatic heterocycles. The van der Waals surface area contributed by atoms with Crippen LogP contribution in [0.2, 0.25) is 0 Å². The molecule has 0 heterocycles. The van der Waals surface area contributed by atoms with Gasteiger partial charge in [0, 0.05) is 0 Å². The summed E-state index contributed by atoms with van der Waals surface area (Å²) in [7, 11) is 0. The average molecular weight is 353 g/mol. The highest BCUT2D eigenvalue weighted by Gasteiger charge is 2.29. The molecule has 0 aliphatic rings. The molecule has 26 heavy (non-hydrogen) atoms. The molecule has 0 atom stereocenters. The first-order chi connectivity index (χ1) is 12.5. The molecule has 3 aromatic rings. The minimum Gasteiger partial charge on any atom is -0.488 e. The van der Waals surface area contributed by atoms with Crippen molar-refractivity contribution in [1.29, 1.82) is 5.26 Å². The molecule has 0 amide bonds. The van der Waals surface area contributed by atoms with Crippen LogP contribution in [-0.2, 0) is 12.8 Å². The van der Waals surface area contributed by atoms with E-state index in [2.05, 4.69) is 6.07 Å². The summed E-state index contributed by atoms with van der Waals surface area (Å²) < 4.78 is 43.8. The van der Waals surface area contributed by atoms with Gasteiger partial charge < -0.3 is 4.74 Å². The number of benzene rings is 3. The first-order valence-electron chi connectivity index (χ1n) is 7.86. The largest absolute Gasteiger partial charge is 0.488 e. The molecule has 0 unspecified atom stereocenters. The van der Waals surface area contributed by atoms with Gasteiger partial charge in [-0.05, 0) is 41.0 Å². The van der Waals surface area contributed by atoms with Crippen LogP contribution < -0.4 is 4.74 Å². The predicted molar refractivity (Wildman–Crippen MR) is 92.4 cm³/mol. The van der Waals surface area contributed by atoms with Gasteiger partial charge in [0.25, 0.3) is 0 Å². The topological polar surface area (TPSA) is 33.0 Å². The fourth-order valence-electron chi connectivity index (χ4n) is 2.50. The summed E-state index contributed by atoms with van der Waals surface area (Å²) in [6.07, 6.45) is -4.37. The number of nitriles is 1. The van der Waals surface area contributed by atoms with Crippen molar-refractivity contribution < 1.29 is 17.9 Å². The Labute approximate surface area is 149 Å². The molecule has 2 nitrogen and oxygen atoms in total. The van der Waals surface area contributed by atoms with Crippen LogP contribution in [0, 0.1) is 11.3 Å². The standard InChI is InChI=1S/C21H14F3NO/c22-21(23,24)19-10-8-16(9-11-19)17-6-7-18(13-25)20(12-17)26-14-15-4-2-1-3-5-15/h1-12H,14H2. The fourth-order valence-corrected chi connectivity index (χ4v) is 2.50. The van der Waals surface area contributed by atoms with Gasteiger partial charge in [0.1, 0.15) is 18.4 Å². The van der Waals surface area contributed by atoms with E-state index < -0.39 is 11.7 Å². The maximum atomic E-state index is 12.7.